The van der Waals surface area contributed by atoms with Crippen molar-refractivity contribution < 1.29 is 24.6 Å². The molecule has 2 aromatic rings. The lowest BCUT2D eigenvalue weighted by Gasteiger charge is -2.37. The van der Waals surface area contributed by atoms with Crippen molar-refractivity contribution in [1.29, 1.82) is 0 Å². The lowest BCUT2D eigenvalue weighted by atomic mass is 9.89. The topological polar surface area (TPSA) is 79.2 Å². The number of rotatable bonds is 5. The van der Waals surface area contributed by atoms with E-state index in [2.05, 4.69) is 0 Å². The maximum absolute atomic E-state index is 10.3. The summed E-state index contributed by atoms with van der Waals surface area (Å²) >= 11 is 0. The van der Waals surface area contributed by atoms with E-state index in [1.165, 1.54) is 0 Å². The molecule has 25 heavy (non-hydrogen) atoms. The number of ether oxygens (including phenoxy) is 2. The average molecular weight is 345 g/mol. The van der Waals surface area contributed by atoms with Crippen molar-refractivity contribution in [1.82, 2.24) is 0 Å². The van der Waals surface area contributed by atoms with E-state index >= 15 is 0 Å². The van der Waals surface area contributed by atoms with Gasteiger partial charge in [0.05, 0.1) is 5.60 Å². The van der Waals surface area contributed by atoms with Gasteiger partial charge in [-0.1, -0.05) is 24.3 Å². The standard InChI is InChI=1S/C19H24O3.BH2O2/c1-14-11-12-16(22-19(4,5)18(2,3)20)17(13-14)21-15-9-7-6-8-10-15;2-1-3/h6-13,20H,1-5H3;2-3H. The van der Waals surface area contributed by atoms with Crippen LogP contribution in [-0.4, -0.2) is 34.0 Å². The third-order valence-corrected chi connectivity index (χ3v) is 3.91. The molecule has 0 aliphatic heterocycles. The highest BCUT2D eigenvalue weighted by molar-refractivity contribution is 6.13. The maximum Gasteiger partial charge on any atom is 0.482 e. The van der Waals surface area contributed by atoms with Crippen LogP contribution in [0.4, 0.5) is 0 Å². The number of aryl methyl sites for hydroxylation is 1. The largest absolute Gasteiger partial charge is 0.482 e. The predicted octanol–water partition coefficient (Wildman–Crippen LogP) is 3.22. The second-order valence-electron chi connectivity index (χ2n) is 6.65. The molecule has 0 amide bonds. The Hall–Kier alpha value is -2.02. The Morgan fingerprint density at radius 3 is 1.96 bits per heavy atom. The van der Waals surface area contributed by atoms with Crippen molar-refractivity contribution in [3.63, 3.8) is 0 Å². The van der Waals surface area contributed by atoms with Crippen LogP contribution >= 0.6 is 0 Å². The summed E-state index contributed by atoms with van der Waals surface area (Å²) in [5.74, 6) is 2.00. The first-order valence-electron chi connectivity index (χ1n) is 7.96. The fourth-order valence-corrected chi connectivity index (χ4v) is 1.79. The summed E-state index contributed by atoms with van der Waals surface area (Å²) in [7, 11) is 0. The third-order valence-electron chi connectivity index (χ3n) is 3.91. The van der Waals surface area contributed by atoms with E-state index in [9.17, 15) is 5.11 Å². The molecule has 2 rings (SSSR count). The molecule has 0 atom stereocenters. The second-order valence-corrected chi connectivity index (χ2v) is 6.65. The zero-order chi connectivity index (χ0) is 19.1. The molecule has 0 fully saturated rings. The normalized spacial score (nSPS) is 11.2. The Labute approximate surface area is 150 Å². The Kier molecular flexibility index (Phi) is 7.48. The minimum absolute atomic E-state index is 0. The van der Waals surface area contributed by atoms with Gasteiger partial charge in [-0.05, 0) is 64.4 Å². The molecule has 0 unspecified atom stereocenters. The smallest absolute Gasteiger partial charge is 0.481 e. The molecule has 0 spiro atoms. The monoisotopic (exact) mass is 345 g/mol. The SMILES string of the molecule is Cc1ccc(OC(C)(C)C(C)(C)O)c(Oc2ccccc2)c1.O[B]O. The van der Waals surface area contributed by atoms with Gasteiger partial charge in [-0.3, -0.25) is 0 Å². The predicted molar refractivity (Wildman–Crippen MR) is 98.9 cm³/mol. The summed E-state index contributed by atoms with van der Waals surface area (Å²) in [6.07, 6.45) is 0. The van der Waals surface area contributed by atoms with Gasteiger partial charge >= 0.3 is 7.69 Å². The maximum atomic E-state index is 10.3. The summed E-state index contributed by atoms with van der Waals surface area (Å²) < 4.78 is 12.0. The van der Waals surface area contributed by atoms with Gasteiger partial charge in [-0.2, -0.15) is 0 Å². The number of hydrogen-bond donors (Lipinski definition) is 3. The second kappa shape index (κ2) is 8.90. The first kappa shape index (κ1) is 21.0. The summed E-state index contributed by atoms with van der Waals surface area (Å²) in [6.45, 7) is 9.19. The van der Waals surface area contributed by atoms with Crippen LogP contribution in [0.25, 0.3) is 0 Å². The van der Waals surface area contributed by atoms with Gasteiger partial charge in [0, 0.05) is 0 Å². The van der Waals surface area contributed by atoms with Crippen molar-refractivity contribution in [2.24, 2.45) is 0 Å². The molecule has 0 aliphatic rings. The lowest BCUT2D eigenvalue weighted by molar-refractivity contribution is -0.0912. The van der Waals surface area contributed by atoms with E-state index in [1.807, 2.05) is 69.3 Å². The molecule has 0 aliphatic carbocycles. The molecule has 2 aromatic carbocycles. The molecular formula is C19H26BO5. The van der Waals surface area contributed by atoms with E-state index < -0.39 is 11.2 Å². The lowest BCUT2D eigenvalue weighted by Crippen LogP contribution is -2.49. The molecule has 0 heterocycles. The minimum atomic E-state index is -0.984. The first-order valence-corrected chi connectivity index (χ1v) is 7.96. The van der Waals surface area contributed by atoms with Gasteiger partial charge in [0.2, 0.25) is 0 Å². The van der Waals surface area contributed by atoms with Crippen molar-refractivity contribution in [2.45, 2.75) is 45.8 Å². The van der Waals surface area contributed by atoms with Gasteiger partial charge in [0.1, 0.15) is 11.4 Å². The van der Waals surface area contributed by atoms with Gasteiger partial charge in [-0.25, -0.2) is 0 Å². The highest BCUT2D eigenvalue weighted by atomic mass is 16.5. The van der Waals surface area contributed by atoms with Gasteiger partial charge < -0.3 is 24.6 Å². The Morgan fingerprint density at radius 2 is 1.44 bits per heavy atom. The van der Waals surface area contributed by atoms with Crippen molar-refractivity contribution in [2.75, 3.05) is 0 Å². The molecule has 0 saturated heterocycles. The van der Waals surface area contributed by atoms with Crippen LogP contribution in [0.3, 0.4) is 0 Å². The molecule has 0 saturated carbocycles. The fraction of sp³-hybridized carbons (Fsp3) is 0.368. The van der Waals surface area contributed by atoms with Crippen LogP contribution in [0.5, 0.6) is 17.2 Å². The zero-order valence-electron chi connectivity index (χ0n) is 15.4. The molecule has 6 heteroatoms. The van der Waals surface area contributed by atoms with Gasteiger partial charge in [0.15, 0.2) is 11.5 Å². The number of benzene rings is 2. The summed E-state index contributed by atoms with van der Waals surface area (Å²) in [6, 6.07) is 15.4. The minimum Gasteiger partial charge on any atom is -0.481 e. The Morgan fingerprint density at radius 1 is 0.880 bits per heavy atom. The Balaban J connectivity index is 0.000000970. The molecule has 1 radical (unpaired) electrons. The number of para-hydroxylation sites is 1. The Bertz CT molecular complexity index is 651. The van der Waals surface area contributed by atoms with E-state index in [4.69, 9.17) is 19.5 Å². The van der Waals surface area contributed by atoms with Crippen LogP contribution in [0.15, 0.2) is 48.5 Å². The van der Waals surface area contributed by atoms with Crippen molar-refractivity contribution >= 4 is 7.69 Å². The van der Waals surface area contributed by atoms with Crippen LogP contribution in [0.2, 0.25) is 0 Å². The van der Waals surface area contributed by atoms with E-state index in [-0.39, 0.29) is 7.69 Å². The summed E-state index contributed by atoms with van der Waals surface area (Å²) in [4.78, 5) is 0. The van der Waals surface area contributed by atoms with Gasteiger partial charge in [-0.15, -0.1) is 0 Å². The van der Waals surface area contributed by atoms with Crippen LogP contribution in [0, 0.1) is 6.92 Å². The molecule has 135 valence electrons. The summed E-state index contributed by atoms with van der Waals surface area (Å²) in [5, 5.41) is 24.3. The van der Waals surface area contributed by atoms with E-state index in [0.29, 0.717) is 11.5 Å². The van der Waals surface area contributed by atoms with Crippen LogP contribution in [0.1, 0.15) is 33.3 Å². The quantitative estimate of drug-likeness (QED) is 0.725. The first-order chi connectivity index (χ1) is 11.6. The van der Waals surface area contributed by atoms with E-state index in [0.717, 1.165) is 11.3 Å². The highest BCUT2D eigenvalue weighted by Crippen LogP contribution is 2.37. The molecule has 0 bridgehead atoms. The molecular weight excluding hydrogens is 319 g/mol. The van der Waals surface area contributed by atoms with Crippen LogP contribution < -0.4 is 9.47 Å². The zero-order valence-corrected chi connectivity index (χ0v) is 15.4. The van der Waals surface area contributed by atoms with Crippen molar-refractivity contribution in [3.05, 3.63) is 54.1 Å². The average Bonchev–Trinajstić information content (AvgIpc) is 2.50. The molecule has 3 N–H and O–H groups in total. The third kappa shape index (κ3) is 6.42. The fourth-order valence-electron chi connectivity index (χ4n) is 1.79. The molecule has 0 aromatic heterocycles. The van der Waals surface area contributed by atoms with E-state index in [1.54, 1.807) is 13.8 Å². The number of hydrogen-bond acceptors (Lipinski definition) is 5. The molecule has 5 nitrogen and oxygen atoms in total. The van der Waals surface area contributed by atoms with Gasteiger partial charge in [0.25, 0.3) is 0 Å². The number of aliphatic hydroxyl groups is 1. The van der Waals surface area contributed by atoms with Crippen molar-refractivity contribution in [3.8, 4) is 17.2 Å². The highest BCUT2D eigenvalue weighted by Gasteiger charge is 2.38. The van der Waals surface area contributed by atoms with Crippen LogP contribution in [-0.2, 0) is 0 Å². The summed E-state index contributed by atoms with van der Waals surface area (Å²) in [5.41, 5.74) is -0.654.